The molecule has 6 nitrogen and oxygen atoms in total. The highest BCUT2D eigenvalue weighted by Gasteiger charge is 2.15. The first-order chi connectivity index (χ1) is 9.02. The van der Waals surface area contributed by atoms with Crippen molar-refractivity contribution < 1.29 is 5.11 Å². The van der Waals surface area contributed by atoms with Gasteiger partial charge in [0.15, 0.2) is 5.82 Å². The summed E-state index contributed by atoms with van der Waals surface area (Å²) in [5.74, 6) is 1.39. The van der Waals surface area contributed by atoms with Crippen LogP contribution in [0.3, 0.4) is 0 Å². The molecule has 6 heteroatoms. The molecule has 0 bridgehead atoms. The lowest BCUT2D eigenvalue weighted by Gasteiger charge is -2.08. The van der Waals surface area contributed by atoms with Gasteiger partial charge in [-0.15, -0.1) is 0 Å². The molecule has 0 aliphatic carbocycles. The minimum Gasteiger partial charge on any atom is -0.395 e. The van der Waals surface area contributed by atoms with Crippen LogP contribution in [-0.4, -0.2) is 38.0 Å². The maximum atomic E-state index is 8.86. The molecule has 0 aromatic carbocycles. The van der Waals surface area contributed by atoms with Crippen molar-refractivity contribution in [3.8, 4) is 11.4 Å². The Kier molecular flexibility index (Phi) is 3.80. The molecule has 2 aromatic heterocycles. The van der Waals surface area contributed by atoms with Crippen molar-refractivity contribution >= 4 is 5.82 Å². The first kappa shape index (κ1) is 13.5. The van der Waals surface area contributed by atoms with E-state index in [9.17, 15) is 0 Å². The molecular formula is C13H19N5O. The van der Waals surface area contributed by atoms with E-state index in [1.807, 2.05) is 38.6 Å². The second-order valence-corrected chi connectivity index (χ2v) is 4.54. The van der Waals surface area contributed by atoms with Crippen LogP contribution >= 0.6 is 0 Å². The third-order valence-corrected chi connectivity index (χ3v) is 3.00. The Morgan fingerprint density at radius 3 is 2.58 bits per heavy atom. The van der Waals surface area contributed by atoms with Gasteiger partial charge in [-0.05, 0) is 20.8 Å². The quantitative estimate of drug-likeness (QED) is 0.865. The minimum absolute atomic E-state index is 0.0727. The number of rotatable bonds is 4. The number of aliphatic hydroxyl groups is 1. The van der Waals surface area contributed by atoms with Gasteiger partial charge >= 0.3 is 0 Å². The maximum Gasteiger partial charge on any atom is 0.165 e. The molecule has 2 heterocycles. The summed E-state index contributed by atoms with van der Waals surface area (Å²) in [5, 5.41) is 16.3. The average Bonchev–Trinajstić information content (AvgIpc) is 2.60. The molecule has 0 unspecified atom stereocenters. The smallest absolute Gasteiger partial charge is 0.165 e. The SMILES string of the molecule is Cc1cc(NCCO)nc(-c2c(C)nn(C)c2C)n1. The van der Waals surface area contributed by atoms with E-state index >= 15 is 0 Å². The summed E-state index contributed by atoms with van der Waals surface area (Å²) >= 11 is 0. The second kappa shape index (κ2) is 5.36. The highest BCUT2D eigenvalue weighted by molar-refractivity contribution is 5.63. The zero-order chi connectivity index (χ0) is 14.0. The third-order valence-electron chi connectivity index (χ3n) is 3.00. The Morgan fingerprint density at radius 1 is 1.26 bits per heavy atom. The molecule has 0 amide bonds. The summed E-state index contributed by atoms with van der Waals surface area (Å²) in [6.45, 7) is 6.43. The van der Waals surface area contributed by atoms with Crippen LogP contribution < -0.4 is 5.32 Å². The van der Waals surface area contributed by atoms with Gasteiger partial charge in [-0.3, -0.25) is 4.68 Å². The van der Waals surface area contributed by atoms with Crippen LogP contribution in [0.25, 0.3) is 11.4 Å². The van der Waals surface area contributed by atoms with Crippen molar-refractivity contribution in [2.24, 2.45) is 7.05 Å². The van der Waals surface area contributed by atoms with Gasteiger partial charge in [0.25, 0.3) is 0 Å². The van der Waals surface area contributed by atoms with Gasteiger partial charge in [-0.25, -0.2) is 9.97 Å². The average molecular weight is 261 g/mol. The molecule has 2 N–H and O–H groups in total. The summed E-state index contributed by atoms with van der Waals surface area (Å²) in [7, 11) is 1.91. The molecule has 0 aliphatic heterocycles. The zero-order valence-corrected chi connectivity index (χ0v) is 11.7. The Labute approximate surface area is 112 Å². The van der Waals surface area contributed by atoms with Crippen LogP contribution in [0.1, 0.15) is 17.1 Å². The molecule has 2 aromatic rings. The van der Waals surface area contributed by atoms with Crippen molar-refractivity contribution in [3.05, 3.63) is 23.1 Å². The van der Waals surface area contributed by atoms with Gasteiger partial charge < -0.3 is 10.4 Å². The monoisotopic (exact) mass is 261 g/mol. The van der Waals surface area contributed by atoms with Gasteiger partial charge in [-0.1, -0.05) is 0 Å². The Hall–Kier alpha value is -1.95. The fourth-order valence-corrected chi connectivity index (χ4v) is 2.05. The van der Waals surface area contributed by atoms with Crippen LogP contribution in [0.4, 0.5) is 5.82 Å². The van der Waals surface area contributed by atoms with E-state index in [-0.39, 0.29) is 6.61 Å². The Morgan fingerprint density at radius 2 is 2.00 bits per heavy atom. The molecule has 19 heavy (non-hydrogen) atoms. The van der Waals surface area contributed by atoms with Crippen molar-refractivity contribution in [3.63, 3.8) is 0 Å². The number of hydrogen-bond acceptors (Lipinski definition) is 5. The number of anilines is 1. The summed E-state index contributed by atoms with van der Waals surface area (Å²) in [6, 6.07) is 1.86. The van der Waals surface area contributed by atoms with Crippen LogP contribution in [0.15, 0.2) is 6.07 Å². The molecule has 0 radical (unpaired) electrons. The van der Waals surface area contributed by atoms with E-state index in [1.54, 1.807) is 0 Å². The van der Waals surface area contributed by atoms with Crippen LogP contribution in [0.5, 0.6) is 0 Å². The topological polar surface area (TPSA) is 75.9 Å². The molecule has 0 fully saturated rings. The second-order valence-electron chi connectivity index (χ2n) is 4.54. The van der Waals surface area contributed by atoms with Gasteiger partial charge in [0.1, 0.15) is 5.82 Å². The number of aliphatic hydroxyl groups excluding tert-OH is 1. The van der Waals surface area contributed by atoms with E-state index in [4.69, 9.17) is 5.11 Å². The van der Waals surface area contributed by atoms with E-state index in [0.29, 0.717) is 12.4 Å². The van der Waals surface area contributed by atoms with Crippen molar-refractivity contribution in [1.82, 2.24) is 19.7 Å². The summed E-state index contributed by atoms with van der Waals surface area (Å²) in [5.41, 5.74) is 3.81. The van der Waals surface area contributed by atoms with Gasteiger partial charge in [0, 0.05) is 31.0 Å². The van der Waals surface area contributed by atoms with E-state index in [0.717, 1.165) is 28.5 Å². The normalized spacial score (nSPS) is 10.8. The van der Waals surface area contributed by atoms with E-state index < -0.39 is 0 Å². The number of nitrogens with one attached hydrogen (secondary N) is 1. The first-order valence-corrected chi connectivity index (χ1v) is 6.24. The number of aromatic nitrogens is 4. The number of hydrogen-bond donors (Lipinski definition) is 2. The Bertz CT molecular complexity index is 591. The Balaban J connectivity index is 2.47. The molecule has 0 atom stereocenters. The minimum atomic E-state index is 0.0727. The van der Waals surface area contributed by atoms with Crippen LogP contribution in [-0.2, 0) is 7.05 Å². The molecule has 0 saturated carbocycles. The standard InChI is InChI=1S/C13H19N5O/c1-8-7-11(14-5-6-19)16-13(15-8)12-9(2)17-18(4)10(12)3/h7,19H,5-6H2,1-4H3,(H,14,15,16). The van der Waals surface area contributed by atoms with E-state index in [2.05, 4.69) is 20.4 Å². The summed E-state index contributed by atoms with van der Waals surface area (Å²) < 4.78 is 1.83. The fraction of sp³-hybridized carbons (Fsp3) is 0.462. The van der Waals surface area contributed by atoms with Crippen molar-refractivity contribution in [2.45, 2.75) is 20.8 Å². The number of aryl methyl sites for hydroxylation is 3. The summed E-state index contributed by atoms with van der Waals surface area (Å²) in [6.07, 6.45) is 0. The molecule has 102 valence electrons. The predicted molar refractivity (Wildman–Crippen MR) is 74.0 cm³/mol. The molecule has 0 spiro atoms. The fourth-order valence-electron chi connectivity index (χ4n) is 2.05. The lowest BCUT2D eigenvalue weighted by Crippen LogP contribution is -2.08. The predicted octanol–water partition coefficient (Wildman–Crippen LogP) is 1.21. The first-order valence-electron chi connectivity index (χ1n) is 6.24. The van der Waals surface area contributed by atoms with E-state index in [1.165, 1.54) is 0 Å². The van der Waals surface area contributed by atoms with Gasteiger partial charge in [0.05, 0.1) is 17.9 Å². The van der Waals surface area contributed by atoms with Gasteiger partial charge in [-0.2, -0.15) is 5.10 Å². The summed E-state index contributed by atoms with van der Waals surface area (Å²) in [4.78, 5) is 8.97. The molecular weight excluding hydrogens is 242 g/mol. The molecule has 0 aliphatic rings. The van der Waals surface area contributed by atoms with Gasteiger partial charge in [0.2, 0.25) is 0 Å². The largest absolute Gasteiger partial charge is 0.395 e. The highest BCUT2D eigenvalue weighted by atomic mass is 16.3. The zero-order valence-electron chi connectivity index (χ0n) is 11.7. The molecule has 2 rings (SSSR count). The third kappa shape index (κ3) is 2.73. The maximum absolute atomic E-state index is 8.86. The lowest BCUT2D eigenvalue weighted by molar-refractivity contribution is 0.311. The van der Waals surface area contributed by atoms with Crippen molar-refractivity contribution in [2.75, 3.05) is 18.5 Å². The van der Waals surface area contributed by atoms with Crippen molar-refractivity contribution in [1.29, 1.82) is 0 Å². The van der Waals surface area contributed by atoms with Crippen LogP contribution in [0.2, 0.25) is 0 Å². The van der Waals surface area contributed by atoms with Crippen LogP contribution in [0, 0.1) is 20.8 Å². The number of nitrogens with zero attached hydrogens (tertiary/aromatic N) is 4. The molecule has 0 saturated heterocycles. The lowest BCUT2D eigenvalue weighted by atomic mass is 10.2. The highest BCUT2D eigenvalue weighted by Crippen LogP contribution is 2.24.